The number of nitrogens with one attached hydrogen (secondary N) is 1. The molecule has 3 aromatic rings. The zero-order chi connectivity index (χ0) is 21.2. The molecule has 1 aromatic carbocycles. The molecule has 1 N–H and O–H groups in total. The number of amides is 1. The summed E-state index contributed by atoms with van der Waals surface area (Å²) >= 11 is 3.52. The fraction of sp³-hybridized carbons (Fsp3) is 0.409. The summed E-state index contributed by atoms with van der Waals surface area (Å²) in [5.41, 5.74) is 5.02. The van der Waals surface area contributed by atoms with E-state index in [2.05, 4.69) is 38.5 Å². The Bertz CT molecular complexity index is 1040. The number of rotatable bonds is 6. The van der Waals surface area contributed by atoms with Crippen LogP contribution in [0.3, 0.4) is 0 Å². The molecular weight excluding hydrogens is 432 g/mol. The van der Waals surface area contributed by atoms with Crippen LogP contribution in [0.25, 0.3) is 5.65 Å². The molecule has 1 amide bonds. The van der Waals surface area contributed by atoms with Gasteiger partial charge in [0.15, 0.2) is 5.65 Å². The van der Waals surface area contributed by atoms with Gasteiger partial charge in [-0.2, -0.15) is 5.10 Å². The van der Waals surface area contributed by atoms with E-state index in [1.54, 1.807) is 10.7 Å². The third-order valence-electron chi connectivity index (χ3n) is 4.65. The first-order valence-corrected chi connectivity index (χ1v) is 10.5. The minimum Gasteiger partial charge on any atom is -0.374 e. The number of fused-ring (bicyclic) bond motifs is 1. The van der Waals surface area contributed by atoms with Crippen LogP contribution in [0, 0.1) is 13.8 Å². The lowest BCUT2D eigenvalue weighted by Gasteiger charge is -2.19. The van der Waals surface area contributed by atoms with Gasteiger partial charge in [0.05, 0.1) is 18.4 Å². The normalized spacial score (nSPS) is 11.8. The number of hydrogen-bond acceptors (Lipinski definition) is 4. The van der Waals surface area contributed by atoms with Gasteiger partial charge in [0, 0.05) is 28.8 Å². The third-order valence-corrected chi connectivity index (χ3v) is 5.14. The quantitative estimate of drug-likeness (QED) is 0.560. The maximum atomic E-state index is 12.6. The van der Waals surface area contributed by atoms with Crippen LogP contribution in [-0.2, 0) is 11.2 Å². The van der Waals surface area contributed by atoms with E-state index in [1.165, 1.54) is 5.56 Å². The molecule has 6 nitrogen and oxygen atoms in total. The molecule has 154 valence electrons. The van der Waals surface area contributed by atoms with Crippen LogP contribution in [0.4, 0.5) is 0 Å². The lowest BCUT2D eigenvalue weighted by Crippen LogP contribution is -2.30. The van der Waals surface area contributed by atoms with Crippen LogP contribution < -0.4 is 5.32 Å². The van der Waals surface area contributed by atoms with Crippen molar-refractivity contribution in [3.05, 3.63) is 63.0 Å². The summed E-state index contributed by atoms with van der Waals surface area (Å²) in [5.74, 6) is -0.191. The molecule has 2 heterocycles. The van der Waals surface area contributed by atoms with Crippen LogP contribution in [0.2, 0.25) is 0 Å². The summed E-state index contributed by atoms with van der Waals surface area (Å²) in [4.78, 5) is 17.3. The van der Waals surface area contributed by atoms with Crippen LogP contribution >= 0.6 is 15.9 Å². The third kappa shape index (κ3) is 5.22. The van der Waals surface area contributed by atoms with Gasteiger partial charge < -0.3 is 10.1 Å². The van der Waals surface area contributed by atoms with Crippen molar-refractivity contribution >= 4 is 27.5 Å². The number of ether oxygens (including phenoxy) is 1. The average Bonchev–Trinajstić information content (AvgIpc) is 3.05. The van der Waals surface area contributed by atoms with E-state index >= 15 is 0 Å². The summed E-state index contributed by atoms with van der Waals surface area (Å²) in [6.45, 7) is 10.8. The maximum absolute atomic E-state index is 12.6. The Balaban J connectivity index is 1.81. The number of aromatic nitrogens is 3. The Labute approximate surface area is 179 Å². The van der Waals surface area contributed by atoms with E-state index in [9.17, 15) is 4.79 Å². The minimum atomic E-state index is -0.227. The number of nitrogens with zero attached hydrogens (tertiary/aromatic N) is 3. The second-order valence-corrected chi connectivity index (χ2v) is 8.99. The van der Waals surface area contributed by atoms with Gasteiger partial charge in [0.1, 0.15) is 5.56 Å². The largest absolute Gasteiger partial charge is 0.374 e. The predicted molar refractivity (Wildman–Crippen MR) is 117 cm³/mol. The summed E-state index contributed by atoms with van der Waals surface area (Å²) in [7, 11) is 0. The summed E-state index contributed by atoms with van der Waals surface area (Å²) in [6.07, 6.45) is 2.34. The lowest BCUT2D eigenvalue weighted by molar-refractivity contribution is -0.000650. The molecule has 3 rings (SSSR count). The Morgan fingerprint density at radius 3 is 2.72 bits per heavy atom. The van der Waals surface area contributed by atoms with Gasteiger partial charge in [-0.25, -0.2) is 9.50 Å². The van der Waals surface area contributed by atoms with E-state index < -0.39 is 0 Å². The SMILES string of the molecule is Cc1nc2c(C(=O)NCCOC(C)(C)C)cnn2c(C)c1Cc1cccc(Br)c1. The van der Waals surface area contributed by atoms with Gasteiger partial charge in [0.2, 0.25) is 0 Å². The van der Waals surface area contributed by atoms with E-state index in [-0.39, 0.29) is 11.5 Å². The van der Waals surface area contributed by atoms with Crippen LogP contribution in [0.15, 0.2) is 34.9 Å². The fourth-order valence-corrected chi connectivity index (χ4v) is 3.64. The first-order valence-electron chi connectivity index (χ1n) is 9.66. The second-order valence-electron chi connectivity index (χ2n) is 8.08. The van der Waals surface area contributed by atoms with Crippen molar-refractivity contribution < 1.29 is 9.53 Å². The molecule has 0 bridgehead atoms. The van der Waals surface area contributed by atoms with Crippen molar-refractivity contribution in [2.24, 2.45) is 0 Å². The Morgan fingerprint density at radius 2 is 2.03 bits per heavy atom. The summed E-state index contributed by atoms with van der Waals surface area (Å²) in [5, 5.41) is 7.31. The van der Waals surface area contributed by atoms with Gasteiger partial charge in [-0.1, -0.05) is 28.1 Å². The highest BCUT2D eigenvalue weighted by molar-refractivity contribution is 9.10. The molecule has 0 fully saturated rings. The van der Waals surface area contributed by atoms with Gasteiger partial charge in [-0.15, -0.1) is 0 Å². The van der Waals surface area contributed by atoms with Gasteiger partial charge in [-0.3, -0.25) is 4.79 Å². The van der Waals surface area contributed by atoms with Crippen LogP contribution in [0.5, 0.6) is 0 Å². The van der Waals surface area contributed by atoms with E-state index in [0.29, 0.717) is 24.4 Å². The monoisotopic (exact) mass is 458 g/mol. The highest BCUT2D eigenvalue weighted by Crippen LogP contribution is 2.22. The molecule has 0 saturated heterocycles. The van der Waals surface area contributed by atoms with Crippen molar-refractivity contribution in [3.63, 3.8) is 0 Å². The molecule has 0 atom stereocenters. The van der Waals surface area contributed by atoms with E-state index in [0.717, 1.165) is 27.8 Å². The van der Waals surface area contributed by atoms with Gasteiger partial charge >= 0.3 is 0 Å². The lowest BCUT2D eigenvalue weighted by atomic mass is 10.0. The first-order chi connectivity index (χ1) is 13.7. The predicted octanol–water partition coefficient (Wildman–Crippen LogP) is 4.24. The maximum Gasteiger partial charge on any atom is 0.256 e. The summed E-state index contributed by atoms with van der Waals surface area (Å²) < 4.78 is 8.45. The smallest absolute Gasteiger partial charge is 0.256 e. The first kappa shape index (κ1) is 21.5. The number of halogens is 1. The Kier molecular flexibility index (Phi) is 6.39. The van der Waals surface area contributed by atoms with E-state index in [1.807, 2.05) is 46.8 Å². The highest BCUT2D eigenvalue weighted by Gasteiger charge is 2.18. The molecule has 0 saturated carbocycles. The standard InChI is InChI=1S/C22H27BrN4O2/c1-14-18(12-16-7-6-8-17(23)11-16)15(2)27-20(26-14)19(13-25-27)21(28)24-9-10-29-22(3,4)5/h6-8,11,13H,9-10,12H2,1-5H3,(H,24,28). The number of benzene rings is 1. The number of hydrogen-bond donors (Lipinski definition) is 1. The molecule has 0 aliphatic rings. The van der Waals surface area contributed by atoms with Crippen LogP contribution in [0.1, 0.15) is 53.6 Å². The minimum absolute atomic E-state index is 0.191. The zero-order valence-electron chi connectivity index (χ0n) is 17.5. The van der Waals surface area contributed by atoms with Crippen molar-refractivity contribution in [2.45, 2.75) is 46.6 Å². The van der Waals surface area contributed by atoms with Gasteiger partial charge in [0.25, 0.3) is 5.91 Å². The summed E-state index contributed by atoms with van der Waals surface area (Å²) in [6, 6.07) is 8.23. The highest BCUT2D eigenvalue weighted by atomic mass is 79.9. The van der Waals surface area contributed by atoms with Crippen molar-refractivity contribution in [1.29, 1.82) is 0 Å². The average molecular weight is 459 g/mol. The van der Waals surface area contributed by atoms with Crippen molar-refractivity contribution in [1.82, 2.24) is 19.9 Å². The number of carbonyl (C=O) groups excluding carboxylic acids is 1. The molecule has 29 heavy (non-hydrogen) atoms. The molecule has 0 radical (unpaired) electrons. The molecule has 0 spiro atoms. The van der Waals surface area contributed by atoms with Gasteiger partial charge in [-0.05, 0) is 57.9 Å². The molecule has 0 aliphatic carbocycles. The number of carbonyl (C=O) groups is 1. The van der Waals surface area contributed by atoms with Crippen LogP contribution in [-0.4, -0.2) is 39.3 Å². The Morgan fingerprint density at radius 1 is 1.28 bits per heavy atom. The molecule has 0 unspecified atom stereocenters. The Hall–Kier alpha value is -2.25. The molecule has 0 aliphatic heterocycles. The molecule has 2 aromatic heterocycles. The second kappa shape index (κ2) is 8.63. The topological polar surface area (TPSA) is 68.5 Å². The van der Waals surface area contributed by atoms with Crippen molar-refractivity contribution in [3.8, 4) is 0 Å². The molecular formula is C22H27BrN4O2. The molecule has 7 heteroatoms. The number of aryl methyl sites for hydroxylation is 2. The van der Waals surface area contributed by atoms with E-state index in [4.69, 9.17) is 9.72 Å². The fourth-order valence-electron chi connectivity index (χ4n) is 3.20. The zero-order valence-corrected chi connectivity index (χ0v) is 19.1. The van der Waals surface area contributed by atoms with Crippen molar-refractivity contribution in [2.75, 3.05) is 13.2 Å².